The summed E-state index contributed by atoms with van der Waals surface area (Å²) in [5, 5.41) is 0. The van der Waals surface area contributed by atoms with Gasteiger partial charge in [0.05, 0.1) is 6.61 Å². The Hall–Kier alpha value is -2.10. The molecule has 0 saturated heterocycles. The van der Waals surface area contributed by atoms with Crippen LogP contribution >= 0.6 is 0 Å². The summed E-state index contributed by atoms with van der Waals surface area (Å²) in [5.41, 5.74) is 0.559. The molecule has 0 bridgehead atoms. The van der Waals surface area contributed by atoms with Gasteiger partial charge in [0.15, 0.2) is 11.9 Å². The van der Waals surface area contributed by atoms with E-state index in [0.29, 0.717) is 23.8 Å². The minimum Gasteiger partial charge on any atom is -0.479 e. The monoisotopic (exact) mass is 288 g/mol. The topological polar surface area (TPSA) is 52.6 Å². The highest BCUT2D eigenvalue weighted by atomic mass is 16.6. The molecule has 2 rings (SSSR count). The van der Waals surface area contributed by atoms with Crippen molar-refractivity contribution in [1.29, 1.82) is 0 Å². The van der Waals surface area contributed by atoms with Gasteiger partial charge >= 0.3 is 5.97 Å². The van der Waals surface area contributed by atoms with Crippen molar-refractivity contribution in [3.05, 3.63) is 42.0 Å². The first kappa shape index (κ1) is 15.3. The molecule has 0 aliphatic heterocycles. The van der Waals surface area contributed by atoms with Gasteiger partial charge in [-0.05, 0) is 38.8 Å². The van der Waals surface area contributed by atoms with Crippen molar-refractivity contribution in [2.75, 3.05) is 6.61 Å². The average Bonchev–Trinajstić information content (AvgIpc) is 2.98. The van der Waals surface area contributed by atoms with Gasteiger partial charge in [-0.2, -0.15) is 0 Å². The van der Waals surface area contributed by atoms with Crippen LogP contribution in [0.2, 0.25) is 0 Å². The summed E-state index contributed by atoms with van der Waals surface area (Å²) >= 11 is 0. The maximum atomic E-state index is 11.9. The fourth-order valence-electron chi connectivity index (χ4n) is 2.18. The van der Waals surface area contributed by atoms with Crippen molar-refractivity contribution in [1.82, 2.24) is 0 Å². The van der Waals surface area contributed by atoms with Crippen LogP contribution in [0.25, 0.3) is 0 Å². The number of benzene rings is 1. The SMILES string of the molecule is CC(=O)c1cccc(OC(C)C(=O)OCC2C=CCC2)c1. The molecule has 0 aromatic heterocycles. The van der Waals surface area contributed by atoms with Gasteiger partial charge in [0.2, 0.25) is 0 Å². The van der Waals surface area contributed by atoms with Gasteiger partial charge in [0, 0.05) is 11.5 Å². The average molecular weight is 288 g/mol. The highest BCUT2D eigenvalue weighted by Crippen LogP contribution is 2.18. The van der Waals surface area contributed by atoms with E-state index in [0.717, 1.165) is 12.8 Å². The van der Waals surface area contributed by atoms with Crippen molar-refractivity contribution >= 4 is 11.8 Å². The second kappa shape index (κ2) is 7.07. The number of carbonyl (C=O) groups is 2. The van der Waals surface area contributed by atoms with E-state index in [2.05, 4.69) is 12.2 Å². The van der Waals surface area contributed by atoms with Crippen molar-refractivity contribution in [3.63, 3.8) is 0 Å². The van der Waals surface area contributed by atoms with E-state index >= 15 is 0 Å². The Balaban J connectivity index is 1.86. The molecule has 1 aliphatic carbocycles. The smallest absolute Gasteiger partial charge is 0.347 e. The molecule has 0 amide bonds. The molecule has 2 unspecified atom stereocenters. The van der Waals surface area contributed by atoms with Gasteiger partial charge in [0.25, 0.3) is 0 Å². The number of ether oxygens (including phenoxy) is 2. The van der Waals surface area contributed by atoms with Crippen LogP contribution in [0, 0.1) is 5.92 Å². The third-order valence-corrected chi connectivity index (χ3v) is 3.44. The largest absolute Gasteiger partial charge is 0.479 e. The van der Waals surface area contributed by atoms with Crippen molar-refractivity contribution in [2.24, 2.45) is 5.92 Å². The van der Waals surface area contributed by atoms with E-state index in [4.69, 9.17) is 9.47 Å². The summed E-state index contributed by atoms with van der Waals surface area (Å²) in [6.45, 7) is 3.54. The Labute approximate surface area is 124 Å². The molecule has 4 nitrogen and oxygen atoms in total. The molecular weight excluding hydrogens is 268 g/mol. The zero-order chi connectivity index (χ0) is 15.2. The van der Waals surface area contributed by atoms with Crippen LogP contribution in [0.1, 0.15) is 37.0 Å². The maximum Gasteiger partial charge on any atom is 0.347 e. The van der Waals surface area contributed by atoms with E-state index in [-0.39, 0.29) is 11.8 Å². The number of ketones is 1. The summed E-state index contributed by atoms with van der Waals surface area (Å²) in [5.74, 6) is 0.391. The number of esters is 1. The van der Waals surface area contributed by atoms with E-state index in [1.807, 2.05) is 0 Å². The van der Waals surface area contributed by atoms with Crippen molar-refractivity contribution < 1.29 is 19.1 Å². The molecule has 0 spiro atoms. The van der Waals surface area contributed by atoms with Gasteiger partial charge in [-0.15, -0.1) is 0 Å². The van der Waals surface area contributed by atoms with Crippen LogP contribution in [0.15, 0.2) is 36.4 Å². The molecule has 21 heavy (non-hydrogen) atoms. The lowest BCUT2D eigenvalue weighted by Crippen LogP contribution is -2.27. The lowest BCUT2D eigenvalue weighted by atomic mass is 10.1. The summed E-state index contributed by atoms with van der Waals surface area (Å²) in [6, 6.07) is 6.79. The van der Waals surface area contributed by atoms with Crippen LogP contribution in [0.5, 0.6) is 5.75 Å². The molecule has 2 atom stereocenters. The van der Waals surface area contributed by atoms with Crippen LogP contribution < -0.4 is 4.74 Å². The lowest BCUT2D eigenvalue weighted by Gasteiger charge is -2.15. The maximum absolute atomic E-state index is 11.9. The second-order valence-electron chi connectivity index (χ2n) is 5.24. The molecule has 0 heterocycles. The Morgan fingerprint density at radius 2 is 2.19 bits per heavy atom. The zero-order valence-corrected chi connectivity index (χ0v) is 12.4. The third kappa shape index (κ3) is 4.45. The number of hydrogen-bond donors (Lipinski definition) is 0. The molecule has 0 radical (unpaired) electrons. The first-order valence-electron chi connectivity index (χ1n) is 7.17. The lowest BCUT2D eigenvalue weighted by molar-refractivity contribution is -0.152. The fraction of sp³-hybridized carbons (Fsp3) is 0.412. The van der Waals surface area contributed by atoms with Crippen molar-refractivity contribution in [3.8, 4) is 5.75 Å². The molecule has 1 aromatic carbocycles. The van der Waals surface area contributed by atoms with Gasteiger partial charge in [-0.1, -0.05) is 24.3 Å². The van der Waals surface area contributed by atoms with Gasteiger partial charge in [0.1, 0.15) is 5.75 Å². The van der Waals surface area contributed by atoms with E-state index in [9.17, 15) is 9.59 Å². The van der Waals surface area contributed by atoms with Crippen LogP contribution in [-0.2, 0) is 9.53 Å². The molecule has 0 N–H and O–H groups in total. The van der Waals surface area contributed by atoms with Gasteiger partial charge in [-0.25, -0.2) is 4.79 Å². The normalized spacial score (nSPS) is 18.3. The Kier molecular flexibility index (Phi) is 5.14. The molecule has 4 heteroatoms. The number of allylic oxidation sites excluding steroid dienone is 1. The number of Topliss-reactive ketones (excluding diaryl/α,β-unsaturated/α-hetero) is 1. The van der Waals surface area contributed by atoms with E-state index < -0.39 is 6.10 Å². The first-order chi connectivity index (χ1) is 10.1. The molecule has 0 saturated carbocycles. The van der Waals surface area contributed by atoms with Gasteiger partial charge < -0.3 is 9.47 Å². The quantitative estimate of drug-likeness (QED) is 0.458. The highest BCUT2D eigenvalue weighted by Gasteiger charge is 2.19. The molecular formula is C17H20O4. The Bertz CT molecular complexity index is 547. The molecule has 112 valence electrons. The number of hydrogen-bond acceptors (Lipinski definition) is 4. The second-order valence-corrected chi connectivity index (χ2v) is 5.24. The summed E-state index contributed by atoms with van der Waals surface area (Å²) < 4.78 is 10.8. The molecule has 0 fully saturated rings. The minimum absolute atomic E-state index is 0.0382. The molecule has 1 aromatic rings. The van der Waals surface area contributed by atoms with Crippen LogP contribution in [0.4, 0.5) is 0 Å². The van der Waals surface area contributed by atoms with Crippen LogP contribution in [-0.4, -0.2) is 24.5 Å². The predicted molar refractivity (Wildman–Crippen MR) is 79.4 cm³/mol. The first-order valence-corrected chi connectivity index (χ1v) is 7.17. The third-order valence-electron chi connectivity index (χ3n) is 3.44. The Morgan fingerprint density at radius 3 is 2.86 bits per heavy atom. The standard InChI is InChI=1S/C17H20O4/c1-12(18)15-8-5-9-16(10-15)21-13(2)17(19)20-11-14-6-3-4-7-14/h3,5-6,8-10,13-14H,4,7,11H2,1-2H3. The Morgan fingerprint density at radius 1 is 1.38 bits per heavy atom. The number of carbonyl (C=O) groups excluding carboxylic acids is 2. The molecule has 1 aliphatic rings. The van der Waals surface area contributed by atoms with Gasteiger partial charge in [-0.3, -0.25) is 4.79 Å². The predicted octanol–water partition coefficient (Wildman–Crippen LogP) is 3.17. The van der Waals surface area contributed by atoms with E-state index in [1.54, 1.807) is 31.2 Å². The summed E-state index contributed by atoms with van der Waals surface area (Å²) in [4.78, 5) is 23.2. The van der Waals surface area contributed by atoms with E-state index in [1.165, 1.54) is 6.92 Å². The van der Waals surface area contributed by atoms with Crippen molar-refractivity contribution in [2.45, 2.75) is 32.8 Å². The fourth-order valence-corrected chi connectivity index (χ4v) is 2.18. The summed E-state index contributed by atoms with van der Waals surface area (Å²) in [6.07, 6.45) is 5.56. The highest BCUT2D eigenvalue weighted by molar-refractivity contribution is 5.94. The number of rotatable bonds is 6. The zero-order valence-electron chi connectivity index (χ0n) is 12.4. The minimum atomic E-state index is -0.697. The van der Waals surface area contributed by atoms with Crippen LogP contribution in [0.3, 0.4) is 0 Å². The summed E-state index contributed by atoms with van der Waals surface area (Å²) in [7, 11) is 0.